The third-order valence-electron chi connectivity index (χ3n) is 5.28. The van der Waals surface area contributed by atoms with Crippen molar-refractivity contribution in [3.05, 3.63) is 35.9 Å². The lowest BCUT2D eigenvalue weighted by atomic mass is 9.93. The molecule has 0 bridgehead atoms. The summed E-state index contributed by atoms with van der Waals surface area (Å²) in [5.74, 6) is 0.428. The Labute approximate surface area is 118 Å². The highest BCUT2D eigenvalue weighted by atomic mass is 16.5. The van der Waals surface area contributed by atoms with Crippen LogP contribution in [0.5, 0.6) is 0 Å². The monoisotopic (exact) mass is 273 g/mol. The SMILES string of the molecule is C[C@@H](c1ccccc1)N1C(=O)[C@@H]2C[C@@H](O)[C@@H]3CO[C@H]1[C@@H]32. The number of hydrogen-bond acceptors (Lipinski definition) is 3. The number of amides is 1. The van der Waals surface area contributed by atoms with Crippen LogP contribution in [0.3, 0.4) is 0 Å². The quantitative estimate of drug-likeness (QED) is 0.889. The fourth-order valence-electron chi connectivity index (χ4n) is 4.25. The number of aliphatic hydroxyl groups is 1. The number of aliphatic hydroxyl groups excluding tert-OH is 1. The van der Waals surface area contributed by atoms with Crippen LogP contribution in [0.15, 0.2) is 30.3 Å². The average Bonchev–Trinajstić information content (AvgIpc) is 3.09. The van der Waals surface area contributed by atoms with Gasteiger partial charge in [-0.15, -0.1) is 0 Å². The number of carbonyl (C=O) groups excluding carboxylic acids is 1. The van der Waals surface area contributed by atoms with Crippen LogP contribution in [0, 0.1) is 17.8 Å². The van der Waals surface area contributed by atoms with Crippen LogP contribution in [-0.4, -0.2) is 34.9 Å². The zero-order chi connectivity index (χ0) is 13.9. The molecule has 0 spiro atoms. The van der Waals surface area contributed by atoms with Crippen molar-refractivity contribution in [2.75, 3.05) is 6.61 Å². The second kappa shape index (κ2) is 4.30. The van der Waals surface area contributed by atoms with Crippen molar-refractivity contribution in [2.24, 2.45) is 17.8 Å². The summed E-state index contributed by atoms with van der Waals surface area (Å²) in [5, 5.41) is 10.0. The van der Waals surface area contributed by atoms with Crippen molar-refractivity contribution in [2.45, 2.75) is 31.7 Å². The lowest BCUT2D eigenvalue weighted by molar-refractivity contribution is -0.140. The Morgan fingerprint density at radius 3 is 2.85 bits per heavy atom. The minimum atomic E-state index is -0.367. The molecule has 6 atom stereocenters. The van der Waals surface area contributed by atoms with Gasteiger partial charge in [0.2, 0.25) is 5.91 Å². The van der Waals surface area contributed by atoms with Crippen LogP contribution >= 0.6 is 0 Å². The molecule has 4 rings (SSSR count). The van der Waals surface area contributed by atoms with Gasteiger partial charge in [-0.25, -0.2) is 0 Å². The van der Waals surface area contributed by atoms with Gasteiger partial charge in [0, 0.05) is 17.8 Å². The van der Waals surface area contributed by atoms with Crippen molar-refractivity contribution < 1.29 is 14.6 Å². The molecule has 3 aliphatic rings. The predicted octanol–water partition coefficient (Wildman–Crippen LogP) is 1.56. The summed E-state index contributed by atoms with van der Waals surface area (Å²) in [7, 11) is 0. The average molecular weight is 273 g/mol. The van der Waals surface area contributed by atoms with E-state index < -0.39 is 0 Å². The van der Waals surface area contributed by atoms with E-state index in [-0.39, 0.29) is 42.0 Å². The molecule has 1 saturated carbocycles. The number of benzene rings is 1. The first-order valence-corrected chi connectivity index (χ1v) is 7.35. The third-order valence-corrected chi connectivity index (χ3v) is 5.28. The van der Waals surface area contributed by atoms with Gasteiger partial charge in [0.1, 0.15) is 6.23 Å². The Morgan fingerprint density at radius 1 is 1.35 bits per heavy atom. The van der Waals surface area contributed by atoms with Gasteiger partial charge in [-0.1, -0.05) is 30.3 Å². The maximum atomic E-state index is 12.7. The Balaban J connectivity index is 1.66. The molecule has 2 aliphatic heterocycles. The summed E-state index contributed by atoms with van der Waals surface area (Å²) in [6, 6.07) is 10.1. The predicted molar refractivity (Wildman–Crippen MR) is 72.5 cm³/mol. The summed E-state index contributed by atoms with van der Waals surface area (Å²) in [6.45, 7) is 2.64. The summed E-state index contributed by atoms with van der Waals surface area (Å²) >= 11 is 0. The van der Waals surface area contributed by atoms with Crippen molar-refractivity contribution in [1.82, 2.24) is 4.90 Å². The minimum Gasteiger partial charge on any atom is -0.393 e. The number of carbonyl (C=O) groups is 1. The van der Waals surface area contributed by atoms with E-state index in [0.717, 1.165) is 5.56 Å². The highest BCUT2D eigenvalue weighted by Gasteiger charge is 2.62. The molecule has 1 aromatic rings. The minimum absolute atomic E-state index is 0.0233. The van der Waals surface area contributed by atoms with Crippen LogP contribution in [0.25, 0.3) is 0 Å². The van der Waals surface area contributed by atoms with Gasteiger partial charge in [0.05, 0.1) is 18.8 Å². The van der Waals surface area contributed by atoms with Crippen molar-refractivity contribution in [3.63, 3.8) is 0 Å². The van der Waals surface area contributed by atoms with Crippen molar-refractivity contribution in [1.29, 1.82) is 0 Å². The fourth-order valence-corrected chi connectivity index (χ4v) is 4.25. The first-order valence-electron chi connectivity index (χ1n) is 7.35. The largest absolute Gasteiger partial charge is 0.393 e. The van der Waals surface area contributed by atoms with Gasteiger partial charge in [-0.05, 0) is 18.9 Å². The maximum Gasteiger partial charge on any atom is 0.228 e. The molecule has 0 aromatic heterocycles. The normalized spacial score (nSPS) is 40.2. The van der Waals surface area contributed by atoms with E-state index in [2.05, 4.69) is 6.92 Å². The standard InChI is InChI=1S/C16H19NO3/c1-9(10-5-3-2-4-6-10)17-15(19)11-7-13(18)12-8-20-16(17)14(11)12/h2-6,9,11-14,16,18H,7-8H2,1H3/t9-,11+,12-,13+,14+,16-/m0/s1. The zero-order valence-electron chi connectivity index (χ0n) is 11.5. The van der Waals surface area contributed by atoms with Crippen LogP contribution < -0.4 is 0 Å². The van der Waals surface area contributed by atoms with Gasteiger partial charge in [-0.2, -0.15) is 0 Å². The molecule has 106 valence electrons. The third kappa shape index (κ3) is 1.52. The van der Waals surface area contributed by atoms with Gasteiger partial charge in [-0.3, -0.25) is 4.79 Å². The molecule has 3 fully saturated rings. The van der Waals surface area contributed by atoms with Gasteiger partial charge >= 0.3 is 0 Å². The van der Waals surface area contributed by atoms with E-state index in [1.54, 1.807) is 0 Å². The number of hydrogen-bond donors (Lipinski definition) is 1. The highest BCUT2D eigenvalue weighted by molar-refractivity contribution is 5.83. The second-order valence-corrected chi connectivity index (χ2v) is 6.21. The molecule has 1 aromatic carbocycles. The second-order valence-electron chi connectivity index (χ2n) is 6.21. The zero-order valence-corrected chi connectivity index (χ0v) is 11.5. The van der Waals surface area contributed by atoms with E-state index in [4.69, 9.17) is 4.74 Å². The number of nitrogens with zero attached hydrogens (tertiary/aromatic N) is 1. The molecule has 2 saturated heterocycles. The lowest BCUT2D eigenvalue weighted by Crippen LogP contribution is -2.38. The van der Waals surface area contributed by atoms with E-state index in [9.17, 15) is 9.90 Å². The van der Waals surface area contributed by atoms with E-state index in [1.807, 2.05) is 35.2 Å². The summed E-state index contributed by atoms with van der Waals surface area (Å²) in [6.07, 6.45) is 0.0875. The van der Waals surface area contributed by atoms with Gasteiger partial charge in [0.25, 0.3) is 0 Å². The van der Waals surface area contributed by atoms with Gasteiger partial charge in [0.15, 0.2) is 0 Å². The number of ether oxygens (including phenoxy) is 1. The molecular formula is C16H19NO3. The highest BCUT2D eigenvalue weighted by Crippen LogP contribution is 2.53. The first kappa shape index (κ1) is 12.4. The summed E-state index contributed by atoms with van der Waals surface area (Å²) in [4.78, 5) is 14.6. The first-order chi connectivity index (χ1) is 9.68. The smallest absolute Gasteiger partial charge is 0.228 e. The fraction of sp³-hybridized carbons (Fsp3) is 0.562. The molecule has 2 heterocycles. The molecule has 1 amide bonds. The Hall–Kier alpha value is -1.39. The van der Waals surface area contributed by atoms with Crippen molar-refractivity contribution in [3.8, 4) is 0 Å². The topological polar surface area (TPSA) is 49.8 Å². The Bertz CT molecular complexity index is 532. The van der Waals surface area contributed by atoms with E-state index >= 15 is 0 Å². The van der Waals surface area contributed by atoms with Crippen LogP contribution in [-0.2, 0) is 9.53 Å². The molecular weight excluding hydrogens is 254 g/mol. The van der Waals surface area contributed by atoms with Gasteiger partial charge < -0.3 is 14.7 Å². The molecule has 1 aliphatic carbocycles. The molecule has 4 nitrogen and oxygen atoms in total. The number of rotatable bonds is 2. The molecule has 1 N–H and O–H groups in total. The Kier molecular flexibility index (Phi) is 2.66. The van der Waals surface area contributed by atoms with Crippen LogP contribution in [0.1, 0.15) is 24.9 Å². The summed E-state index contributed by atoms with van der Waals surface area (Å²) < 4.78 is 5.85. The van der Waals surface area contributed by atoms with Crippen LogP contribution in [0.2, 0.25) is 0 Å². The lowest BCUT2D eigenvalue weighted by Gasteiger charge is -2.30. The number of likely N-dealkylation sites (tertiary alicyclic amines) is 1. The van der Waals surface area contributed by atoms with E-state index in [0.29, 0.717) is 13.0 Å². The molecule has 4 heteroatoms. The Morgan fingerprint density at radius 2 is 2.10 bits per heavy atom. The van der Waals surface area contributed by atoms with Crippen molar-refractivity contribution >= 4 is 5.91 Å². The van der Waals surface area contributed by atoms with E-state index in [1.165, 1.54) is 0 Å². The van der Waals surface area contributed by atoms with Crippen LogP contribution in [0.4, 0.5) is 0 Å². The molecule has 20 heavy (non-hydrogen) atoms. The molecule has 0 unspecified atom stereocenters. The summed E-state index contributed by atoms with van der Waals surface area (Å²) in [5.41, 5.74) is 1.13. The molecule has 0 radical (unpaired) electrons. The maximum absolute atomic E-state index is 12.7.